The van der Waals surface area contributed by atoms with Crippen molar-refractivity contribution in [3.05, 3.63) is 0 Å². The number of Topliss-reactive ketones (excluding diaryl/α,β-unsaturated/α-hetero) is 1. The van der Waals surface area contributed by atoms with E-state index in [0.717, 1.165) is 25.7 Å². The van der Waals surface area contributed by atoms with E-state index in [0.29, 0.717) is 36.5 Å². The Morgan fingerprint density at radius 1 is 0.889 bits per heavy atom. The molecule has 8 atom stereocenters. The first-order valence-corrected chi connectivity index (χ1v) is 11.0. The van der Waals surface area contributed by atoms with E-state index in [1.807, 2.05) is 0 Å². The van der Waals surface area contributed by atoms with Crippen LogP contribution in [0.3, 0.4) is 0 Å². The number of ether oxygens (including phenoxy) is 1. The highest BCUT2D eigenvalue weighted by Gasteiger charge is 2.62. The molecule has 0 aromatic rings. The molecule has 0 saturated heterocycles. The molecule has 0 aliphatic heterocycles. The van der Waals surface area contributed by atoms with Gasteiger partial charge in [0.1, 0.15) is 0 Å². The molecule has 0 amide bonds. The van der Waals surface area contributed by atoms with E-state index in [1.54, 1.807) is 6.92 Å². The van der Waals surface area contributed by atoms with E-state index in [2.05, 4.69) is 13.8 Å². The van der Waals surface area contributed by atoms with E-state index < -0.39 is 5.60 Å². The van der Waals surface area contributed by atoms with Crippen molar-refractivity contribution < 1.29 is 19.4 Å². The number of fused-ring (bicyclic) bond motifs is 5. The fourth-order valence-corrected chi connectivity index (χ4v) is 7.96. The van der Waals surface area contributed by atoms with Crippen molar-refractivity contribution in [3.63, 3.8) is 0 Å². The number of hydrogen-bond acceptors (Lipinski definition) is 4. The van der Waals surface area contributed by atoms with Gasteiger partial charge in [-0.1, -0.05) is 13.8 Å². The Bertz CT molecular complexity index is 644. The van der Waals surface area contributed by atoms with Crippen molar-refractivity contribution in [1.82, 2.24) is 0 Å². The Morgan fingerprint density at radius 3 is 2.26 bits per heavy atom. The number of aliphatic hydroxyl groups is 1. The molecule has 152 valence electrons. The van der Waals surface area contributed by atoms with Crippen LogP contribution in [0.1, 0.15) is 85.5 Å². The second-order valence-electron chi connectivity index (χ2n) is 10.6. The Morgan fingerprint density at radius 2 is 1.59 bits per heavy atom. The van der Waals surface area contributed by atoms with Crippen LogP contribution in [0.4, 0.5) is 0 Å². The lowest BCUT2D eigenvalue weighted by Crippen LogP contribution is -2.58. The van der Waals surface area contributed by atoms with E-state index in [-0.39, 0.29) is 28.7 Å². The SMILES string of the molecule is CC(=O)O[C@]1(C(C)=O)CC[C@@]2(C)[C@@H](CC[C@H]3[C@H]4CC[C@H](O)[C@@]4(C)CC[C@@H]32)C1. The largest absolute Gasteiger partial charge is 0.451 e. The van der Waals surface area contributed by atoms with Crippen LogP contribution < -0.4 is 0 Å². The van der Waals surface area contributed by atoms with Crippen molar-refractivity contribution in [3.8, 4) is 0 Å². The average molecular weight is 377 g/mol. The van der Waals surface area contributed by atoms with Crippen molar-refractivity contribution in [1.29, 1.82) is 0 Å². The van der Waals surface area contributed by atoms with E-state index in [9.17, 15) is 14.7 Å². The number of esters is 1. The standard InChI is InChI=1S/C23H36O4/c1-14(24)23(27-15(2)25)12-11-21(3)16(13-23)5-6-17-18-7-8-20(26)22(18,4)10-9-19(17)21/h16-20,26H,5-13H2,1-4H3/t16-,17-,18+,19-,20-,21-,22-,23+/m0/s1. The third-order valence-electron chi connectivity index (χ3n) is 9.64. The van der Waals surface area contributed by atoms with Gasteiger partial charge in [0.25, 0.3) is 0 Å². The third kappa shape index (κ3) is 2.73. The first-order chi connectivity index (χ1) is 12.6. The molecule has 4 fully saturated rings. The number of carbonyl (C=O) groups excluding carboxylic acids is 2. The van der Waals surface area contributed by atoms with Crippen LogP contribution >= 0.6 is 0 Å². The minimum atomic E-state index is -0.893. The van der Waals surface area contributed by atoms with Crippen LogP contribution in [0.2, 0.25) is 0 Å². The van der Waals surface area contributed by atoms with Gasteiger partial charge in [-0.2, -0.15) is 0 Å². The molecule has 1 N–H and O–H groups in total. The second kappa shape index (κ2) is 6.30. The van der Waals surface area contributed by atoms with Gasteiger partial charge in [0.2, 0.25) is 0 Å². The summed E-state index contributed by atoms with van der Waals surface area (Å²) in [4.78, 5) is 24.1. The third-order valence-corrected chi connectivity index (χ3v) is 9.64. The zero-order chi connectivity index (χ0) is 19.6. The highest BCUT2D eigenvalue weighted by atomic mass is 16.6. The first kappa shape index (κ1) is 19.4. The predicted molar refractivity (Wildman–Crippen MR) is 103 cm³/mol. The molecule has 4 rings (SSSR count). The molecule has 0 radical (unpaired) electrons. The lowest BCUT2D eigenvalue weighted by molar-refractivity contribution is -0.187. The van der Waals surface area contributed by atoms with Gasteiger partial charge in [-0.3, -0.25) is 9.59 Å². The molecule has 0 aromatic carbocycles. The van der Waals surface area contributed by atoms with Crippen LogP contribution in [-0.2, 0) is 14.3 Å². The minimum Gasteiger partial charge on any atom is -0.451 e. The zero-order valence-electron chi connectivity index (χ0n) is 17.4. The van der Waals surface area contributed by atoms with Crippen LogP contribution in [0.5, 0.6) is 0 Å². The fraction of sp³-hybridized carbons (Fsp3) is 0.913. The molecule has 0 bridgehead atoms. The summed E-state index contributed by atoms with van der Waals surface area (Å²) in [5, 5.41) is 10.6. The molecule has 4 nitrogen and oxygen atoms in total. The van der Waals surface area contributed by atoms with Crippen LogP contribution in [0.15, 0.2) is 0 Å². The Hall–Kier alpha value is -0.900. The predicted octanol–water partition coefficient (Wildman–Crippen LogP) is 4.28. The van der Waals surface area contributed by atoms with Crippen molar-refractivity contribution >= 4 is 11.8 Å². The first-order valence-electron chi connectivity index (χ1n) is 11.0. The maximum atomic E-state index is 12.4. The van der Waals surface area contributed by atoms with Gasteiger partial charge < -0.3 is 9.84 Å². The molecule has 27 heavy (non-hydrogen) atoms. The van der Waals surface area contributed by atoms with Gasteiger partial charge in [0.15, 0.2) is 11.4 Å². The lowest BCUT2D eigenvalue weighted by Gasteiger charge is -2.61. The number of hydrogen-bond donors (Lipinski definition) is 1. The van der Waals surface area contributed by atoms with Crippen molar-refractivity contribution in [2.45, 2.75) is 97.2 Å². The van der Waals surface area contributed by atoms with Crippen molar-refractivity contribution in [2.24, 2.45) is 34.5 Å². The lowest BCUT2D eigenvalue weighted by atomic mass is 9.44. The highest BCUT2D eigenvalue weighted by Crippen LogP contribution is 2.67. The molecular formula is C23H36O4. The van der Waals surface area contributed by atoms with Gasteiger partial charge >= 0.3 is 5.97 Å². The van der Waals surface area contributed by atoms with Crippen LogP contribution in [0.25, 0.3) is 0 Å². The van der Waals surface area contributed by atoms with Gasteiger partial charge in [-0.25, -0.2) is 0 Å². The summed E-state index contributed by atoms with van der Waals surface area (Å²) >= 11 is 0. The molecule has 0 spiro atoms. The molecular weight excluding hydrogens is 340 g/mol. The van der Waals surface area contributed by atoms with Crippen LogP contribution in [-0.4, -0.2) is 28.6 Å². The molecule has 4 saturated carbocycles. The topological polar surface area (TPSA) is 63.6 Å². The van der Waals surface area contributed by atoms with Crippen LogP contribution in [0, 0.1) is 34.5 Å². The number of carbonyl (C=O) groups is 2. The molecule has 0 heterocycles. The smallest absolute Gasteiger partial charge is 0.303 e. The summed E-state index contributed by atoms with van der Waals surface area (Å²) in [6, 6.07) is 0. The minimum absolute atomic E-state index is 0.0111. The molecule has 0 aromatic heterocycles. The number of rotatable bonds is 2. The van der Waals surface area contributed by atoms with E-state index in [1.165, 1.54) is 26.2 Å². The van der Waals surface area contributed by atoms with Gasteiger partial charge in [0.05, 0.1) is 6.10 Å². The average Bonchev–Trinajstić information content (AvgIpc) is 2.90. The fourth-order valence-electron chi connectivity index (χ4n) is 7.96. The molecule has 0 unspecified atom stereocenters. The summed E-state index contributed by atoms with van der Waals surface area (Å²) in [6.07, 6.45) is 8.99. The summed E-state index contributed by atoms with van der Waals surface area (Å²) in [5.74, 6) is 2.17. The second-order valence-corrected chi connectivity index (χ2v) is 10.6. The van der Waals surface area contributed by atoms with Gasteiger partial charge in [0, 0.05) is 6.92 Å². The highest BCUT2D eigenvalue weighted by molar-refractivity contribution is 5.87. The number of aliphatic hydroxyl groups excluding tert-OH is 1. The summed E-state index contributed by atoms with van der Waals surface area (Å²) < 4.78 is 5.65. The van der Waals surface area contributed by atoms with Gasteiger partial charge in [-0.15, -0.1) is 0 Å². The van der Waals surface area contributed by atoms with E-state index >= 15 is 0 Å². The zero-order valence-corrected chi connectivity index (χ0v) is 17.4. The molecule has 4 aliphatic rings. The van der Waals surface area contributed by atoms with E-state index in [4.69, 9.17) is 4.74 Å². The van der Waals surface area contributed by atoms with Crippen molar-refractivity contribution in [2.75, 3.05) is 0 Å². The Balaban J connectivity index is 1.59. The Labute approximate surface area is 163 Å². The molecule has 4 heteroatoms. The monoisotopic (exact) mass is 376 g/mol. The summed E-state index contributed by atoms with van der Waals surface area (Å²) in [7, 11) is 0. The number of ketones is 1. The Kier molecular flexibility index (Phi) is 4.53. The maximum Gasteiger partial charge on any atom is 0.303 e. The normalized spacial score (nSPS) is 51.7. The molecule has 4 aliphatic carbocycles. The quantitative estimate of drug-likeness (QED) is 0.731. The maximum absolute atomic E-state index is 12.4. The van der Waals surface area contributed by atoms with Gasteiger partial charge in [-0.05, 0) is 99.2 Å². The summed E-state index contributed by atoms with van der Waals surface area (Å²) in [6.45, 7) is 7.77. The summed E-state index contributed by atoms with van der Waals surface area (Å²) in [5.41, 5.74) is -0.549.